The number of aromatic nitrogens is 3. The first-order valence-electron chi connectivity index (χ1n) is 13.8. The Morgan fingerprint density at radius 3 is 2.40 bits per heavy atom. The summed E-state index contributed by atoms with van der Waals surface area (Å²) in [5.74, 6) is 2.57. The number of hydrogen-bond donors (Lipinski definition) is 2. The maximum atomic E-state index is 14.0. The van der Waals surface area contributed by atoms with Crippen LogP contribution < -0.4 is 24.8 Å². The van der Waals surface area contributed by atoms with Crippen molar-refractivity contribution in [3.05, 3.63) is 126 Å². The predicted octanol–water partition coefficient (Wildman–Crippen LogP) is 6.47. The van der Waals surface area contributed by atoms with Crippen molar-refractivity contribution in [1.82, 2.24) is 14.8 Å². The molecule has 1 aromatic heterocycles. The zero-order valence-electron chi connectivity index (χ0n) is 24.1. The van der Waals surface area contributed by atoms with Crippen molar-refractivity contribution < 1.29 is 19.0 Å². The topological polar surface area (TPSA) is 99.5 Å². The van der Waals surface area contributed by atoms with Gasteiger partial charge in [0.15, 0.2) is 5.82 Å². The lowest BCUT2D eigenvalue weighted by Gasteiger charge is -2.29. The van der Waals surface area contributed by atoms with E-state index in [1.165, 1.54) is 0 Å². The Labute approximate surface area is 249 Å². The summed E-state index contributed by atoms with van der Waals surface area (Å²) in [4.78, 5) is 18.8. The monoisotopic (exact) mass is 573 g/mol. The number of para-hydroxylation sites is 3. The van der Waals surface area contributed by atoms with E-state index in [1.54, 1.807) is 31.0 Å². The number of rotatable bonds is 9. The second-order valence-corrected chi connectivity index (χ2v) is 9.97. The highest BCUT2D eigenvalue weighted by molar-refractivity contribution is 6.06. The number of anilines is 2. The number of hydrogen-bond acceptors (Lipinski definition) is 7. The van der Waals surface area contributed by atoms with Gasteiger partial charge in [-0.05, 0) is 54.4 Å². The third-order valence-electron chi connectivity index (χ3n) is 7.22. The van der Waals surface area contributed by atoms with E-state index in [0.717, 1.165) is 16.7 Å². The Balaban J connectivity index is 1.42. The largest absolute Gasteiger partial charge is 0.496 e. The van der Waals surface area contributed by atoms with Gasteiger partial charge in [0.2, 0.25) is 5.95 Å². The van der Waals surface area contributed by atoms with Gasteiger partial charge in [-0.3, -0.25) is 4.79 Å². The minimum atomic E-state index is -0.609. The Hall–Kier alpha value is -5.57. The van der Waals surface area contributed by atoms with Gasteiger partial charge < -0.3 is 24.8 Å². The molecule has 0 spiro atoms. The molecule has 0 saturated heterocycles. The van der Waals surface area contributed by atoms with Crippen molar-refractivity contribution in [3.63, 3.8) is 0 Å². The highest BCUT2D eigenvalue weighted by Crippen LogP contribution is 2.39. The van der Waals surface area contributed by atoms with Gasteiger partial charge in [0.05, 0.1) is 31.0 Å². The molecular formula is C34H31N5O4. The third-order valence-corrected chi connectivity index (χ3v) is 7.22. The number of fused-ring (bicyclic) bond motifs is 1. The van der Waals surface area contributed by atoms with Gasteiger partial charge >= 0.3 is 0 Å². The van der Waals surface area contributed by atoms with Crippen molar-refractivity contribution in [2.75, 3.05) is 24.9 Å². The normalized spacial score (nSPS) is 14.0. The molecule has 43 heavy (non-hydrogen) atoms. The number of nitrogens with one attached hydrogen (secondary N) is 2. The van der Waals surface area contributed by atoms with Crippen LogP contribution in [0.15, 0.2) is 114 Å². The van der Waals surface area contributed by atoms with Crippen LogP contribution in [0.4, 0.5) is 11.6 Å². The van der Waals surface area contributed by atoms with Crippen LogP contribution in [0.1, 0.15) is 24.1 Å². The summed E-state index contributed by atoms with van der Waals surface area (Å²) in [5, 5.41) is 11.2. The van der Waals surface area contributed by atoms with Crippen molar-refractivity contribution in [2.24, 2.45) is 0 Å². The van der Waals surface area contributed by atoms with Crippen LogP contribution in [0.3, 0.4) is 0 Å². The first-order chi connectivity index (χ1) is 21.1. The summed E-state index contributed by atoms with van der Waals surface area (Å²) in [6, 6.07) is 32.0. The van der Waals surface area contributed by atoms with Crippen LogP contribution in [0.5, 0.6) is 17.2 Å². The maximum Gasteiger partial charge on any atom is 0.255 e. The fourth-order valence-electron chi connectivity index (χ4n) is 5.15. The molecule has 216 valence electrons. The van der Waals surface area contributed by atoms with E-state index >= 15 is 0 Å². The number of amides is 1. The molecule has 2 heterocycles. The standard InChI is InChI=1S/C34H31N5O4/c1-22-30(33(40)36-27-17-8-10-19-29(27)42-3)31(24-14-11-15-25(20-24)43-21-23-12-5-4-6-13-23)39-34(35-22)37-32(38-39)26-16-7-9-18-28(26)41-2/h4-20,31H,21H2,1-3H3,(H,36,40)(H,35,37,38). The van der Waals surface area contributed by atoms with Gasteiger partial charge in [0.25, 0.3) is 5.91 Å². The quantitative estimate of drug-likeness (QED) is 0.209. The van der Waals surface area contributed by atoms with Crippen LogP contribution in [0.2, 0.25) is 0 Å². The molecule has 1 unspecified atom stereocenters. The smallest absolute Gasteiger partial charge is 0.255 e. The highest BCUT2D eigenvalue weighted by atomic mass is 16.5. The molecule has 9 nitrogen and oxygen atoms in total. The van der Waals surface area contributed by atoms with Crippen LogP contribution in [-0.2, 0) is 11.4 Å². The summed E-state index contributed by atoms with van der Waals surface area (Å²) < 4.78 is 19.0. The highest BCUT2D eigenvalue weighted by Gasteiger charge is 2.35. The Kier molecular flexibility index (Phi) is 7.78. The van der Waals surface area contributed by atoms with Crippen molar-refractivity contribution in [1.29, 1.82) is 0 Å². The molecule has 2 N–H and O–H groups in total. The molecule has 5 aromatic rings. The molecular weight excluding hydrogens is 542 g/mol. The number of benzene rings is 4. The van der Waals surface area contributed by atoms with Crippen LogP contribution in [-0.4, -0.2) is 34.9 Å². The summed E-state index contributed by atoms with van der Waals surface area (Å²) in [6.07, 6.45) is 0. The van der Waals surface area contributed by atoms with E-state index in [2.05, 4.69) is 10.6 Å². The van der Waals surface area contributed by atoms with Crippen molar-refractivity contribution in [2.45, 2.75) is 19.6 Å². The molecule has 1 atom stereocenters. The van der Waals surface area contributed by atoms with Gasteiger partial charge in [-0.2, -0.15) is 4.98 Å². The minimum absolute atomic E-state index is 0.296. The molecule has 9 heteroatoms. The molecule has 6 rings (SSSR count). The lowest BCUT2D eigenvalue weighted by atomic mass is 9.94. The van der Waals surface area contributed by atoms with E-state index in [0.29, 0.717) is 52.6 Å². The average molecular weight is 574 g/mol. The third kappa shape index (κ3) is 5.65. The van der Waals surface area contributed by atoms with E-state index in [4.69, 9.17) is 24.3 Å². The molecule has 1 amide bonds. The lowest BCUT2D eigenvalue weighted by Crippen LogP contribution is -2.31. The molecule has 0 bridgehead atoms. The van der Waals surface area contributed by atoms with E-state index in [1.807, 2.05) is 97.9 Å². The Bertz CT molecular complexity index is 1800. The average Bonchev–Trinajstić information content (AvgIpc) is 3.47. The molecule has 0 aliphatic carbocycles. The summed E-state index contributed by atoms with van der Waals surface area (Å²) in [6.45, 7) is 2.28. The molecule has 0 radical (unpaired) electrons. The molecule has 1 aliphatic heterocycles. The van der Waals surface area contributed by atoms with Gasteiger partial charge in [-0.15, -0.1) is 5.10 Å². The zero-order chi connectivity index (χ0) is 29.8. The number of methoxy groups -OCH3 is 2. The van der Waals surface area contributed by atoms with Gasteiger partial charge in [0, 0.05) is 5.70 Å². The second kappa shape index (κ2) is 12.1. The fraction of sp³-hybridized carbons (Fsp3) is 0.147. The number of ether oxygens (including phenoxy) is 3. The minimum Gasteiger partial charge on any atom is -0.496 e. The SMILES string of the molecule is COc1ccccc1NC(=O)C1=C(C)Nc2nc(-c3ccccc3OC)nn2C1c1cccc(OCc2ccccc2)c1. The summed E-state index contributed by atoms with van der Waals surface area (Å²) >= 11 is 0. The maximum absolute atomic E-state index is 14.0. The first-order valence-corrected chi connectivity index (χ1v) is 13.8. The van der Waals surface area contributed by atoms with E-state index < -0.39 is 6.04 Å². The van der Waals surface area contributed by atoms with Crippen molar-refractivity contribution in [3.8, 4) is 28.6 Å². The number of carbonyl (C=O) groups is 1. The lowest BCUT2D eigenvalue weighted by molar-refractivity contribution is -0.113. The summed E-state index contributed by atoms with van der Waals surface area (Å²) in [7, 11) is 3.19. The number of nitrogens with zero attached hydrogens (tertiary/aromatic N) is 3. The second-order valence-electron chi connectivity index (χ2n) is 9.97. The number of allylic oxidation sites excluding steroid dienone is 1. The van der Waals surface area contributed by atoms with E-state index in [-0.39, 0.29) is 5.91 Å². The molecule has 0 fully saturated rings. The molecule has 4 aromatic carbocycles. The van der Waals surface area contributed by atoms with E-state index in [9.17, 15) is 4.79 Å². The molecule has 0 saturated carbocycles. The summed E-state index contributed by atoms with van der Waals surface area (Å²) in [5.41, 5.74) is 4.31. The predicted molar refractivity (Wildman–Crippen MR) is 165 cm³/mol. The van der Waals surface area contributed by atoms with Crippen LogP contribution >= 0.6 is 0 Å². The fourth-order valence-corrected chi connectivity index (χ4v) is 5.15. The Morgan fingerprint density at radius 1 is 0.884 bits per heavy atom. The van der Waals surface area contributed by atoms with Crippen LogP contribution in [0, 0.1) is 0 Å². The first kappa shape index (κ1) is 27.6. The van der Waals surface area contributed by atoms with Gasteiger partial charge in [-0.1, -0.05) is 66.7 Å². The Morgan fingerprint density at radius 2 is 1.60 bits per heavy atom. The number of carbonyl (C=O) groups excluding carboxylic acids is 1. The molecule has 1 aliphatic rings. The van der Waals surface area contributed by atoms with Gasteiger partial charge in [0.1, 0.15) is 29.9 Å². The zero-order valence-corrected chi connectivity index (χ0v) is 24.1. The van der Waals surface area contributed by atoms with Crippen LogP contribution in [0.25, 0.3) is 11.4 Å². The van der Waals surface area contributed by atoms with Crippen molar-refractivity contribution >= 4 is 17.5 Å². The van der Waals surface area contributed by atoms with Gasteiger partial charge in [-0.25, -0.2) is 4.68 Å².